The Bertz CT molecular complexity index is 703. The number of nitrogens with zero attached hydrogens (tertiary/aromatic N) is 5. The SMILES string of the molecule is Cc1nn(C(=O)Cn2nc([N+](=O)[O-])cc2C)c(C)c1I. The minimum atomic E-state index is -0.583. The number of aryl methyl sites for hydroxylation is 2. The highest BCUT2D eigenvalue weighted by atomic mass is 127. The van der Waals surface area contributed by atoms with Crippen molar-refractivity contribution in [2.75, 3.05) is 0 Å². The topological polar surface area (TPSA) is 95.8 Å². The van der Waals surface area contributed by atoms with Crippen LogP contribution in [0.4, 0.5) is 5.82 Å². The monoisotopic (exact) mass is 389 g/mol. The van der Waals surface area contributed by atoms with E-state index in [4.69, 9.17) is 0 Å². The molecule has 2 heterocycles. The fraction of sp³-hybridized carbons (Fsp3) is 0.364. The molecule has 9 heteroatoms. The van der Waals surface area contributed by atoms with Gasteiger partial charge in [0, 0.05) is 0 Å². The standard InChI is InChI=1S/C11H12IN5O3/c1-6-4-9(17(19)20)14-15(6)5-10(18)16-8(3)11(12)7(2)13-16/h4H,5H2,1-3H3. The van der Waals surface area contributed by atoms with Crippen LogP contribution in [0.2, 0.25) is 0 Å². The maximum atomic E-state index is 12.2. The number of nitro groups is 1. The minimum absolute atomic E-state index is 0.0856. The summed E-state index contributed by atoms with van der Waals surface area (Å²) in [5, 5.41) is 18.6. The van der Waals surface area contributed by atoms with E-state index in [1.807, 2.05) is 6.92 Å². The van der Waals surface area contributed by atoms with Crippen molar-refractivity contribution in [3.05, 3.63) is 36.8 Å². The van der Waals surface area contributed by atoms with Crippen molar-refractivity contribution < 1.29 is 9.72 Å². The molecule has 20 heavy (non-hydrogen) atoms. The second kappa shape index (κ2) is 5.31. The fourth-order valence-electron chi connectivity index (χ4n) is 1.80. The molecule has 0 aromatic carbocycles. The van der Waals surface area contributed by atoms with Crippen LogP contribution in [0.1, 0.15) is 21.9 Å². The van der Waals surface area contributed by atoms with Crippen LogP contribution in [0.15, 0.2) is 6.07 Å². The second-order valence-corrected chi connectivity index (χ2v) is 5.43. The molecule has 8 nitrogen and oxygen atoms in total. The number of carbonyl (C=O) groups excluding carboxylic acids is 1. The van der Waals surface area contributed by atoms with Gasteiger partial charge in [-0.2, -0.15) is 9.78 Å². The van der Waals surface area contributed by atoms with Crippen LogP contribution >= 0.6 is 22.6 Å². The maximum Gasteiger partial charge on any atom is 0.390 e. The van der Waals surface area contributed by atoms with Crippen molar-refractivity contribution >= 4 is 34.3 Å². The van der Waals surface area contributed by atoms with E-state index in [9.17, 15) is 14.9 Å². The first-order valence-electron chi connectivity index (χ1n) is 5.75. The summed E-state index contributed by atoms with van der Waals surface area (Å²) in [5.41, 5.74) is 2.09. The number of rotatable bonds is 3. The van der Waals surface area contributed by atoms with Gasteiger partial charge in [0.15, 0.2) is 0 Å². The van der Waals surface area contributed by atoms with Gasteiger partial charge in [-0.25, -0.2) is 4.68 Å². The Morgan fingerprint density at radius 3 is 2.50 bits per heavy atom. The highest BCUT2D eigenvalue weighted by Crippen LogP contribution is 2.16. The maximum absolute atomic E-state index is 12.2. The summed E-state index contributed by atoms with van der Waals surface area (Å²) in [7, 11) is 0. The van der Waals surface area contributed by atoms with Crippen molar-refractivity contribution in [2.45, 2.75) is 27.3 Å². The predicted octanol–water partition coefficient (Wildman–Crippen LogP) is 1.86. The van der Waals surface area contributed by atoms with Gasteiger partial charge in [0.1, 0.15) is 6.54 Å². The Balaban J connectivity index is 2.28. The molecule has 0 bridgehead atoms. The smallest absolute Gasteiger partial charge is 0.358 e. The van der Waals surface area contributed by atoms with Crippen molar-refractivity contribution in [1.82, 2.24) is 19.6 Å². The molecule has 0 amide bonds. The highest BCUT2D eigenvalue weighted by molar-refractivity contribution is 14.1. The van der Waals surface area contributed by atoms with E-state index in [2.05, 4.69) is 32.8 Å². The Labute approximate surface area is 128 Å². The van der Waals surface area contributed by atoms with Gasteiger partial charge in [0.25, 0.3) is 5.91 Å². The van der Waals surface area contributed by atoms with Gasteiger partial charge < -0.3 is 10.1 Å². The molecule has 106 valence electrons. The van der Waals surface area contributed by atoms with Crippen LogP contribution in [0.3, 0.4) is 0 Å². The Hall–Kier alpha value is -1.78. The van der Waals surface area contributed by atoms with Crippen LogP contribution in [0.25, 0.3) is 0 Å². The highest BCUT2D eigenvalue weighted by Gasteiger charge is 2.20. The van der Waals surface area contributed by atoms with Crippen LogP contribution in [-0.2, 0) is 6.54 Å². The average molecular weight is 389 g/mol. The Morgan fingerprint density at radius 1 is 1.40 bits per heavy atom. The molecule has 2 rings (SSSR count). The molecule has 2 aromatic rings. The number of hydrogen-bond acceptors (Lipinski definition) is 5. The minimum Gasteiger partial charge on any atom is -0.358 e. The summed E-state index contributed by atoms with van der Waals surface area (Å²) >= 11 is 2.13. The first kappa shape index (κ1) is 14.6. The number of carbonyl (C=O) groups is 1. The lowest BCUT2D eigenvalue weighted by molar-refractivity contribution is -0.389. The molecular weight excluding hydrogens is 377 g/mol. The lowest BCUT2D eigenvalue weighted by Gasteiger charge is -2.02. The predicted molar refractivity (Wildman–Crippen MR) is 78.7 cm³/mol. The zero-order valence-corrected chi connectivity index (χ0v) is 13.3. The number of hydrogen-bond donors (Lipinski definition) is 0. The molecule has 0 aliphatic carbocycles. The summed E-state index contributed by atoms with van der Waals surface area (Å²) in [5.74, 6) is -0.548. The molecule has 0 fully saturated rings. The molecule has 0 radical (unpaired) electrons. The molecule has 0 N–H and O–H groups in total. The third-order valence-corrected chi connectivity index (χ3v) is 4.44. The quantitative estimate of drug-likeness (QED) is 0.454. The zero-order chi connectivity index (χ0) is 15.0. The van der Waals surface area contributed by atoms with Crippen LogP contribution in [-0.4, -0.2) is 30.4 Å². The van der Waals surface area contributed by atoms with Gasteiger partial charge in [-0.1, -0.05) is 0 Å². The lowest BCUT2D eigenvalue weighted by atomic mass is 10.4. The molecule has 2 aromatic heterocycles. The van der Waals surface area contributed by atoms with E-state index in [1.165, 1.54) is 15.4 Å². The largest absolute Gasteiger partial charge is 0.390 e. The second-order valence-electron chi connectivity index (χ2n) is 4.35. The van der Waals surface area contributed by atoms with Crippen LogP contribution in [0.5, 0.6) is 0 Å². The molecule has 0 spiro atoms. The van der Waals surface area contributed by atoms with Gasteiger partial charge in [0.2, 0.25) is 0 Å². The van der Waals surface area contributed by atoms with E-state index in [1.54, 1.807) is 13.8 Å². The Kier molecular flexibility index (Phi) is 3.88. The number of aromatic nitrogens is 4. The molecular formula is C11H12IN5O3. The van der Waals surface area contributed by atoms with Crippen molar-refractivity contribution in [3.63, 3.8) is 0 Å². The van der Waals surface area contributed by atoms with Crippen molar-refractivity contribution in [1.29, 1.82) is 0 Å². The van der Waals surface area contributed by atoms with Crippen LogP contribution in [0, 0.1) is 34.5 Å². The summed E-state index contributed by atoms with van der Waals surface area (Å²) in [4.78, 5) is 22.3. The fourth-order valence-corrected chi connectivity index (χ4v) is 2.14. The summed E-state index contributed by atoms with van der Waals surface area (Å²) < 4.78 is 3.55. The van der Waals surface area contributed by atoms with E-state index in [-0.39, 0.29) is 18.3 Å². The normalized spacial score (nSPS) is 10.8. The molecule has 0 aliphatic heterocycles. The van der Waals surface area contributed by atoms with Crippen LogP contribution < -0.4 is 0 Å². The van der Waals surface area contributed by atoms with Crippen molar-refractivity contribution in [2.24, 2.45) is 0 Å². The third-order valence-electron chi connectivity index (χ3n) is 2.88. The van der Waals surface area contributed by atoms with E-state index in [0.717, 1.165) is 15.0 Å². The molecule has 0 aliphatic rings. The lowest BCUT2D eigenvalue weighted by Crippen LogP contribution is -2.21. The summed E-state index contributed by atoms with van der Waals surface area (Å²) in [6.45, 7) is 5.20. The van der Waals surface area contributed by atoms with Crippen molar-refractivity contribution in [3.8, 4) is 0 Å². The van der Waals surface area contributed by atoms with Gasteiger partial charge in [-0.05, 0) is 48.3 Å². The third kappa shape index (κ3) is 2.57. The van der Waals surface area contributed by atoms with E-state index in [0.29, 0.717) is 5.69 Å². The summed E-state index contributed by atoms with van der Waals surface area (Å²) in [6.07, 6.45) is 0. The average Bonchev–Trinajstić information content (AvgIpc) is 2.86. The molecule has 0 atom stereocenters. The molecule has 0 saturated heterocycles. The van der Waals surface area contributed by atoms with Gasteiger partial charge in [0.05, 0.1) is 31.8 Å². The molecule has 0 saturated carbocycles. The first-order chi connectivity index (χ1) is 9.31. The van der Waals surface area contributed by atoms with Gasteiger partial charge in [-0.15, -0.1) is 0 Å². The van der Waals surface area contributed by atoms with Gasteiger partial charge >= 0.3 is 5.82 Å². The number of halogens is 1. The summed E-state index contributed by atoms with van der Waals surface area (Å²) in [6, 6.07) is 1.33. The molecule has 0 unspecified atom stereocenters. The Morgan fingerprint density at radius 2 is 2.05 bits per heavy atom. The van der Waals surface area contributed by atoms with E-state index >= 15 is 0 Å². The zero-order valence-electron chi connectivity index (χ0n) is 11.1. The van der Waals surface area contributed by atoms with Gasteiger partial charge in [-0.3, -0.25) is 4.79 Å². The first-order valence-corrected chi connectivity index (χ1v) is 6.83. The van der Waals surface area contributed by atoms with E-state index < -0.39 is 4.92 Å².